The van der Waals surface area contributed by atoms with Crippen LogP contribution in [0.3, 0.4) is 0 Å². The molecule has 1 fully saturated rings. The number of hydrogen-bond acceptors (Lipinski definition) is 4. The van der Waals surface area contributed by atoms with E-state index in [4.69, 9.17) is 4.98 Å². The fraction of sp³-hybridized carbons (Fsp3) is 0.500. The fourth-order valence-electron chi connectivity index (χ4n) is 4.38. The highest BCUT2D eigenvalue weighted by atomic mass is 16.1. The number of fused-ring (bicyclic) bond motifs is 1. The average Bonchev–Trinajstić information content (AvgIpc) is 3.40. The Morgan fingerprint density at radius 2 is 1.79 bits per heavy atom. The van der Waals surface area contributed by atoms with Crippen molar-refractivity contribution < 1.29 is 0 Å². The van der Waals surface area contributed by atoms with Crippen LogP contribution in [-0.2, 0) is 14.1 Å². The normalized spacial score (nSPS) is 14.1. The Morgan fingerprint density at radius 1 is 1.14 bits per heavy atom. The van der Waals surface area contributed by atoms with E-state index in [0.29, 0.717) is 17.1 Å². The SMILES string of the molecule is CCCN(c1nc2nn(C)c(-c3c(C)cc(C)cc3C)c2c(=O)n1C)C1CC1. The number of benzene rings is 1. The lowest BCUT2D eigenvalue weighted by molar-refractivity contribution is 0.692. The van der Waals surface area contributed by atoms with E-state index in [-0.39, 0.29) is 5.56 Å². The lowest BCUT2D eigenvalue weighted by Crippen LogP contribution is -2.34. The van der Waals surface area contributed by atoms with Gasteiger partial charge < -0.3 is 4.90 Å². The Morgan fingerprint density at radius 3 is 2.36 bits per heavy atom. The largest absolute Gasteiger partial charge is 0.339 e. The van der Waals surface area contributed by atoms with Crippen LogP contribution >= 0.6 is 0 Å². The monoisotopic (exact) mass is 379 g/mol. The van der Waals surface area contributed by atoms with Gasteiger partial charge in [-0.1, -0.05) is 24.6 Å². The average molecular weight is 380 g/mol. The summed E-state index contributed by atoms with van der Waals surface area (Å²) in [7, 11) is 3.74. The molecule has 0 amide bonds. The predicted octanol–water partition coefficient (Wildman–Crippen LogP) is 3.64. The molecule has 148 valence electrons. The van der Waals surface area contributed by atoms with Gasteiger partial charge in [0.25, 0.3) is 5.56 Å². The van der Waals surface area contributed by atoms with Gasteiger partial charge >= 0.3 is 0 Å². The van der Waals surface area contributed by atoms with Crippen LogP contribution in [0.2, 0.25) is 0 Å². The van der Waals surface area contributed by atoms with Crippen LogP contribution in [-0.4, -0.2) is 31.9 Å². The topological polar surface area (TPSA) is 56.0 Å². The van der Waals surface area contributed by atoms with Crippen molar-refractivity contribution in [3.63, 3.8) is 0 Å². The molecule has 0 unspecified atom stereocenters. The lowest BCUT2D eigenvalue weighted by Gasteiger charge is -2.24. The number of rotatable bonds is 5. The maximum atomic E-state index is 13.4. The van der Waals surface area contributed by atoms with E-state index in [1.807, 2.05) is 18.8 Å². The number of anilines is 1. The van der Waals surface area contributed by atoms with Gasteiger partial charge in [0.1, 0.15) is 5.39 Å². The van der Waals surface area contributed by atoms with E-state index in [1.165, 1.54) is 18.4 Å². The first-order chi connectivity index (χ1) is 13.3. The second-order valence-corrected chi connectivity index (χ2v) is 8.15. The molecule has 28 heavy (non-hydrogen) atoms. The van der Waals surface area contributed by atoms with Gasteiger partial charge in [0, 0.05) is 32.2 Å². The number of aromatic nitrogens is 4. The molecule has 0 atom stereocenters. The molecule has 6 heteroatoms. The first-order valence-electron chi connectivity index (χ1n) is 10.1. The van der Waals surface area contributed by atoms with E-state index in [9.17, 15) is 4.79 Å². The molecule has 1 saturated carbocycles. The van der Waals surface area contributed by atoms with Gasteiger partial charge in [-0.15, -0.1) is 0 Å². The zero-order valence-corrected chi connectivity index (χ0v) is 17.7. The van der Waals surface area contributed by atoms with Gasteiger partial charge in [0.05, 0.1) is 5.69 Å². The first-order valence-corrected chi connectivity index (χ1v) is 10.1. The molecule has 0 N–H and O–H groups in total. The highest BCUT2D eigenvalue weighted by molar-refractivity contribution is 5.93. The van der Waals surface area contributed by atoms with Crippen LogP contribution in [0, 0.1) is 20.8 Å². The summed E-state index contributed by atoms with van der Waals surface area (Å²) in [4.78, 5) is 20.6. The number of hydrogen-bond donors (Lipinski definition) is 0. The summed E-state index contributed by atoms with van der Waals surface area (Å²) < 4.78 is 3.52. The molecule has 1 aromatic carbocycles. The van der Waals surface area contributed by atoms with Crippen molar-refractivity contribution in [2.75, 3.05) is 11.4 Å². The predicted molar refractivity (Wildman–Crippen MR) is 114 cm³/mol. The molecule has 0 bridgehead atoms. The fourth-order valence-corrected chi connectivity index (χ4v) is 4.38. The molecule has 1 aliphatic rings. The third-order valence-electron chi connectivity index (χ3n) is 5.68. The molecule has 0 radical (unpaired) electrons. The van der Waals surface area contributed by atoms with Gasteiger partial charge in [-0.25, -0.2) is 0 Å². The van der Waals surface area contributed by atoms with Crippen molar-refractivity contribution >= 4 is 17.0 Å². The Labute approximate surface area is 165 Å². The van der Waals surface area contributed by atoms with Crippen LogP contribution in [0.4, 0.5) is 5.95 Å². The Bertz CT molecular complexity index is 1100. The minimum atomic E-state index is -0.0239. The smallest absolute Gasteiger partial charge is 0.266 e. The molecule has 4 rings (SSSR count). The second-order valence-electron chi connectivity index (χ2n) is 8.15. The summed E-state index contributed by atoms with van der Waals surface area (Å²) in [6.07, 6.45) is 3.37. The van der Waals surface area contributed by atoms with Gasteiger partial charge in [-0.05, 0) is 51.2 Å². The van der Waals surface area contributed by atoms with Gasteiger partial charge in [-0.3, -0.25) is 14.0 Å². The minimum absolute atomic E-state index is 0.0239. The van der Waals surface area contributed by atoms with Crippen molar-refractivity contribution in [3.05, 3.63) is 39.2 Å². The van der Waals surface area contributed by atoms with Crippen molar-refractivity contribution in [2.45, 2.75) is 53.0 Å². The van der Waals surface area contributed by atoms with Gasteiger partial charge in [-0.2, -0.15) is 10.1 Å². The summed E-state index contributed by atoms with van der Waals surface area (Å²) in [5, 5.41) is 5.25. The minimum Gasteiger partial charge on any atom is -0.339 e. The van der Waals surface area contributed by atoms with E-state index >= 15 is 0 Å². The Balaban J connectivity index is 1.98. The molecule has 3 aromatic rings. The Kier molecular flexibility index (Phi) is 4.52. The molecule has 1 aliphatic carbocycles. The summed E-state index contributed by atoms with van der Waals surface area (Å²) in [5.74, 6) is 0.740. The Hall–Kier alpha value is -2.63. The van der Waals surface area contributed by atoms with Crippen LogP contribution in [0.15, 0.2) is 16.9 Å². The summed E-state index contributed by atoms with van der Waals surface area (Å²) in [5.41, 5.74) is 5.98. The van der Waals surface area contributed by atoms with Crippen LogP contribution in [0.25, 0.3) is 22.3 Å². The maximum absolute atomic E-state index is 13.4. The third-order valence-corrected chi connectivity index (χ3v) is 5.68. The van der Waals surface area contributed by atoms with Crippen molar-refractivity contribution in [1.29, 1.82) is 0 Å². The molecular weight excluding hydrogens is 350 g/mol. The van der Waals surface area contributed by atoms with Crippen molar-refractivity contribution in [2.24, 2.45) is 14.1 Å². The summed E-state index contributed by atoms with van der Waals surface area (Å²) in [6.45, 7) is 9.35. The molecular formula is C22H29N5O. The van der Waals surface area contributed by atoms with E-state index in [1.54, 1.807) is 4.57 Å². The van der Waals surface area contributed by atoms with Crippen LogP contribution in [0.1, 0.15) is 42.9 Å². The zero-order valence-electron chi connectivity index (χ0n) is 17.7. The number of aryl methyl sites for hydroxylation is 4. The summed E-state index contributed by atoms with van der Waals surface area (Å²) >= 11 is 0. The highest BCUT2D eigenvalue weighted by Gasteiger charge is 2.32. The van der Waals surface area contributed by atoms with E-state index in [2.05, 4.69) is 49.8 Å². The zero-order chi connectivity index (χ0) is 20.2. The molecule has 0 saturated heterocycles. The van der Waals surface area contributed by atoms with E-state index in [0.717, 1.165) is 41.3 Å². The molecule has 0 aliphatic heterocycles. The van der Waals surface area contributed by atoms with Gasteiger partial charge in [0.15, 0.2) is 5.65 Å². The molecule has 0 spiro atoms. The molecule has 2 heterocycles. The van der Waals surface area contributed by atoms with Crippen molar-refractivity contribution in [1.82, 2.24) is 19.3 Å². The number of nitrogens with zero attached hydrogens (tertiary/aromatic N) is 5. The highest BCUT2D eigenvalue weighted by Crippen LogP contribution is 2.34. The first kappa shape index (κ1) is 18.7. The standard InChI is InChI=1S/C22H29N5O/c1-7-10-27(16-8-9-16)22-23-20-18(21(28)25(22)5)19(26(6)24-20)17-14(3)11-13(2)12-15(17)4/h11-12,16H,7-10H2,1-6H3. The van der Waals surface area contributed by atoms with Crippen LogP contribution < -0.4 is 10.5 Å². The van der Waals surface area contributed by atoms with Gasteiger partial charge in [0.2, 0.25) is 5.95 Å². The summed E-state index contributed by atoms with van der Waals surface area (Å²) in [6, 6.07) is 4.81. The third kappa shape index (κ3) is 2.91. The quantitative estimate of drug-likeness (QED) is 0.679. The van der Waals surface area contributed by atoms with Crippen molar-refractivity contribution in [3.8, 4) is 11.3 Å². The maximum Gasteiger partial charge on any atom is 0.266 e. The molecule has 6 nitrogen and oxygen atoms in total. The second kappa shape index (κ2) is 6.76. The van der Waals surface area contributed by atoms with E-state index < -0.39 is 0 Å². The lowest BCUT2D eigenvalue weighted by atomic mass is 9.96. The van der Waals surface area contributed by atoms with Crippen LogP contribution in [0.5, 0.6) is 0 Å². The molecule has 2 aromatic heterocycles.